The summed E-state index contributed by atoms with van der Waals surface area (Å²) in [6, 6.07) is 17.0. The van der Waals surface area contributed by atoms with Crippen molar-refractivity contribution in [1.82, 2.24) is 0 Å². The predicted molar refractivity (Wildman–Crippen MR) is 160 cm³/mol. The Balaban J connectivity index is 1.16. The van der Waals surface area contributed by atoms with Crippen molar-refractivity contribution >= 4 is 6.29 Å². The van der Waals surface area contributed by atoms with Gasteiger partial charge in [-0.3, -0.25) is 4.79 Å². The summed E-state index contributed by atoms with van der Waals surface area (Å²) in [5, 5.41) is 0. The Morgan fingerprint density at radius 3 is 1.12 bits per heavy atom. The van der Waals surface area contributed by atoms with Crippen LogP contribution in [0.3, 0.4) is 0 Å². The zero-order valence-corrected chi connectivity index (χ0v) is 25.2. The Morgan fingerprint density at radius 2 is 0.744 bits per heavy atom. The maximum Gasteiger partial charge on any atom is 0.150 e. The smallest absolute Gasteiger partial charge is 0.150 e. The summed E-state index contributed by atoms with van der Waals surface area (Å²) in [5.74, 6) is 0.706. The molecule has 0 heterocycles. The summed E-state index contributed by atoms with van der Waals surface area (Å²) in [4.78, 5) is 10.6. The van der Waals surface area contributed by atoms with Crippen LogP contribution in [0.15, 0.2) is 54.6 Å². The number of hydrogen-bond acceptors (Lipinski definition) is 11. The Bertz CT molecular complexity index is 867. The molecular weight excluding hydrogens is 560 g/mol. The van der Waals surface area contributed by atoms with Crippen molar-refractivity contribution in [2.24, 2.45) is 0 Å². The molecule has 0 aromatic heterocycles. The van der Waals surface area contributed by atoms with Crippen molar-refractivity contribution in [3.8, 4) is 5.75 Å². The first-order valence-corrected chi connectivity index (χ1v) is 14.8. The lowest BCUT2D eigenvalue weighted by Gasteiger charge is -2.09. The van der Waals surface area contributed by atoms with E-state index in [0.29, 0.717) is 137 Å². The van der Waals surface area contributed by atoms with Crippen molar-refractivity contribution in [2.75, 3.05) is 119 Å². The van der Waals surface area contributed by atoms with Gasteiger partial charge in [0, 0.05) is 5.56 Å². The van der Waals surface area contributed by atoms with Gasteiger partial charge in [-0.1, -0.05) is 30.3 Å². The Hall–Kier alpha value is -2.45. The molecule has 0 N–H and O–H groups in total. The van der Waals surface area contributed by atoms with Gasteiger partial charge in [0.25, 0.3) is 0 Å². The number of carbonyl (C=O) groups is 1. The van der Waals surface area contributed by atoms with Crippen molar-refractivity contribution < 1.29 is 52.2 Å². The summed E-state index contributed by atoms with van der Waals surface area (Å²) in [6.45, 7) is 9.71. The van der Waals surface area contributed by atoms with Gasteiger partial charge in [0.15, 0.2) is 0 Å². The summed E-state index contributed by atoms with van der Waals surface area (Å²) in [5.41, 5.74) is 1.78. The molecule has 0 amide bonds. The van der Waals surface area contributed by atoms with E-state index in [1.807, 2.05) is 30.3 Å². The van der Waals surface area contributed by atoms with Crippen LogP contribution in [-0.4, -0.2) is 125 Å². The van der Waals surface area contributed by atoms with Gasteiger partial charge in [0.1, 0.15) is 18.6 Å². The van der Waals surface area contributed by atoms with Crippen LogP contribution in [0.2, 0.25) is 0 Å². The average Bonchev–Trinajstić information content (AvgIpc) is 3.04. The van der Waals surface area contributed by atoms with Crippen LogP contribution in [0.4, 0.5) is 0 Å². The van der Waals surface area contributed by atoms with E-state index in [2.05, 4.69) is 0 Å². The highest BCUT2D eigenvalue weighted by Crippen LogP contribution is 2.10. The predicted octanol–water partition coefficient (Wildman–Crippen LogP) is 3.23. The van der Waals surface area contributed by atoms with E-state index in [9.17, 15) is 4.79 Å². The molecule has 0 saturated heterocycles. The van der Waals surface area contributed by atoms with Gasteiger partial charge in [0.05, 0.1) is 119 Å². The summed E-state index contributed by atoms with van der Waals surface area (Å²) >= 11 is 0. The molecule has 0 atom stereocenters. The lowest BCUT2D eigenvalue weighted by Crippen LogP contribution is -2.15. The van der Waals surface area contributed by atoms with E-state index in [1.165, 1.54) is 0 Å². The summed E-state index contributed by atoms with van der Waals surface area (Å²) in [7, 11) is 0. The molecule has 0 unspecified atom stereocenters. The SMILES string of the molecule is O=Cc1ccc(OCCOCCOCCOCCOCCOCCOCCOCCOCCOCc2ccccc2)cc1. The van der Waals surface area contributed by atoms with Gasteiger partial charge >= 0.3 is 0 Å². The van der Waals surface area contributed by atoms with Gasteiger partial charge in [-0.05, 0) is 29.8 Å². The largest absolute Gasteiger partial charge is 0.491 e. The number of rotatable bonds is 31. The second kappa shape index (κ2) is 28.3. The van der Waals surface area contributed by atoms with Crippen molar-refractivity contribution in [1.29, 1.82) is 0 Å². The Morgan fingerprint density at radius 1 is 0.395 bits per heavy atom. The molecule has 11 heteroatoms. The number of carbonyl (C=O) groups excluding carboxylic acids is 1. The minimum absolute atomic E-state index is 0.433. The molecule has 0 aliphatic carbocycles. The molecule has 2 rings (SSSR count). The molecule has 43 heavy (non-hydrogen) atoms. The molecule has 0 saturated carbocycles. The molecule has 11 nitrogen and oxygen atoms in total. The molecule has 0 aliphatic rings. The standard InChI is InChI=1S/C32H48O11/c33-28-30-6-8-32(9-7-30)43-27-26-41-23-22-39-19-18-37-15-14-35-11-10-34-12-13-36-16-17-38-20-21-40-24-25-42-29-31-4-2-1-3-5-31/h1-9,28H,10-27,29H2. The topological polar surface area (TPSA) is 109 Å². The lowest BCUT2D eigenvalue weighted by atomic mass is 10.2. The zero-order chi connectivity index (χ0) is 30.3. The van der Waals surface area contributed by atoms with Crippen LogP contribution in [0, 0.1) is 0 Å². The summed E-state index contributed by atoms with van der Waals surface area (Å²) in [6.07, 6.45) is 0.799. The van der Waals surface area contributed by atoms with Crippen molar-refractivity contribution in [3.63, 3.8) is 0 Å². The van der Waals surface area contributed by atoms with Crippen LogP contribution in [0.1, 0.15) is 15.9 Å². The monoisotopic (exact) mass is 608 g/mol. The fourth-order valence-electron chi connectivity index (χ4n) is 3.38. The van der Waals surface area contributed by atoms with Gasteiger partial charge in [-0.25, -0.2) is 0 Å². The third-order valence-corrected chi connectivity index (χ3v) is 5.60. The quantitative estimate of drug-likeness (QED) is 0.0930. The molecule has 0 aliphatic heterocycles. The first-order chi connectivity index (χ1) is 21.4. The number of benzene rings is 2. The normalized spacial score (nSPS) is 11.2. The van der Waals surface area contributed by atoms with E-state index in [0.717, 1.165) is 11.8 Å². The highest BCUT2D eigenvalue weighted by Gasteiger charge is 1.98. The minimum Gasteiger partial charge on any atom is -0.491 e. The zero-order valence-electron chi connectivity index (χ0n) is 25.2. The molecule has 2 aromatic carbocycles. The van der Waals surface area contributed by atoms with E-state index in [1.54, 1.807) is 24.3 Å². The van der Waals surface area contributed by atoms with E-state index in [4.69, 9.17) is 47.4 Å². The number of hydrogen-bond donors (Lipinski definition) is 0. The van der Waals surface area contributed by atoms with Crippen molar-refractivity contribution in [3.05, 3.63) is 65.7 Å². The average molecular weight is 609 g/mol. The molecule has 0 spiro atoms. The molecule has 0 fully saturated rings. The second-order valence-corrected chi connectivity index (χ2v) is 8.97. The fraction of sp³-hybridized carbons (Fsp3) is 0.594. The molecule has 242 valence electrons. The molecule has 0 bridgehead atoms. The first-order valence-electron chi connectivity index (χ1n) is 14.8. The van der Waals surface area contributed by atoms with E-state index >= 15 is 0 Å². The second-order valence-electron chi connectivity index (χ2n) is 8.97. The number of ether oxygens (including phenoxy) is 10. The van der Waals surface area contributed by atoms with Crippen LogP contribution in [0.25, 0.3) is 0 Å². The third-order valence-electron chi connectivity index (χ3n) is 5.60. The molecular formula is C32H48O11. The van der Waals surface area contributed by atoms with Gasteiger partial charge in [-0.15, -0.1) is 0 Å². The third kappa shape index (κ3) is 22.7. The Labute approximate surface area is 255 Å². The molecule has 2 aromatic rings. The fourth-order valence-corrected chi connectivity index (χ4v) is 3.38. The number of aldehydes is 1. The maximum absolute atomic E-state index is 10.6. The highest BCUT2D eigenvalue weighted by atomic mass is 16.6. The first kappa shape index (κ1) is 36.7. The highest BCUT2D eigenvalue weighted by molar-refractivity contribution is 5.74. The van der Waals surface area contributed by atoms with Gasteiger partial charge < -0.3 is 47.4 Å². The molecule has 0 radical (unpaired) electrons. The van der Waals surface area contributed by atoms with Crippen LogP contribution < -0.4 is 4.74 Å². The van der Waals surface area contributed by atoms with Crippen LogP contribution >= 0.6 is 0 Å². The minimum atomic E-state index is 0.433. The van der Waals surface area contributed by atoms with Gasteiger partial charge in [0.2, 0.25) is 0 Å². The summed E-state index contributed by atoms with van der Waals surface area (Å²) < 4.78 is 54.9. The lowest BCUT2D eigenvalue weighted by molar-refractivity contribution is -0.0257. The van der Waals surface area contributed by atoms with E-state index in [-0.39, 0.29) is 0 Å². The van der Waals surface area contributed by atoms with Gasteiger partial charge in [-0.2, -0.15) is 0 Å². The van der Waals surface area contributed by atoms with Crippen LogP contribution in [-0.2, 0) is 49.2 Å². The van der Waals surface area contributed by atoms with Crippen molar-refractivity contribution in [2.45, 2.75) is 6.61 Å². The van der Waals surface area contributed by atoms with Crippen LogP contribution in [0.5, 0.6) is 5.75 Å². The van der Waals surface area contributed by atoms with E-state index < -0.39 is 0 Å². The maximum atomic E-state index is 10.6. The Kier molecular flexibility index (Phi) is 24.2.